The molecule has 0 amide bonds. The molecule has 0 nitrogen and oxygen atoms in total. The quantitative estimate of drug-likeness (QED) is 0.436. The number of hydrogen-bond donors (Lipinski definition) is 0. The third-order valence-corrected chi connectivity index (χ3v) is 16.5. The zero-order chi connectivity index (χ0) is 15.4. The lowest BCUT2D eigenvalue weighted by Crippen LogP contribution is -2.61. The van der Waals surface area contributed by atoms with Gasteiger partial charge in [0.1, 0.15) is 0 Å². The van der Waals surface area contributed by atoms with Crippen molar-refractivity contribution >= 4 is 43.2 Å². The highest BCUT2D eigenvalue weighted by Gasteiger charge is 2.64. The van der Waals surface area contributed by atoms with Crippen LogP contribution >= 0.6 is 43.2 Å². The predicted octanol–water partition coefficient (Wildman–Crippen LogP) is 6.37. The molecule has 0 N–H and O–H groups in total. The van der Waals surface area contributed by atoms with Gasteiger partial charge in [-0.25, -0.2) is 0 Å². The van der Waals surface area contributed by atoms with Crippen LogP contribution in [0, 0.1) is 47.3 Å². The molecular weight excluding hydrogens is 368 g/mol. The van der Waals surface area contributed by atoms with Crippen molar-refractivity contribution in [1.29, 1.82) is 0 Å². The Hall–Kier alpha value is 1.40. The summed E-state index contributed by atoms with van der Waals surface area (Å²) in [7, 11) is 9.26. The first-order valence-corrected chi connectivity index (χ1v) is 15.1. The largest absolute Gasteiger partial charge is 0.0901 e. The minimum Gasteiger partial charge on any atom is -0.0901 e. The molecule has 2 saturated heterocycles. The normalized spacial score (nSPS) is 66.0. The molecule has 5 saturated carbocycles. The van der Waals surface area contributed by atoms with E-state index in [-0.39, 0.29) is 0 Å². The van der Waals surface area contributed by atoms with Gasteiger partial charge in [-0.2, -0.15) is 0 Å². The molecule has 0 aromatic rings. The molecule has 132 valence electrons. The Balaban J connectivity index is 1.33. The lowest BCUT2D eigenvalue weighted by atomic mass is 9.42. The van der Waals surface area contributed by atoms with Crippen molar-refractivity contribution in [1.82, 2.24) is 0 Å². The first kappa shape index (κ1) is 15.3. The topological polar surface area (TPSA) is 0 Å². The monoisotopic (exact) mass is 396 g/mol. The van der Waals surface area contributed by atoms with E-state index in [1.807, 2.05) is 0 Å². The van der Waals surface area contributed by atoms with Crippen molar-refractivity contribution in [3.05, 3.63) is 0 Å². The van der Waals surface area contributed by atoms with E-state index < -0.39 is 0 Å². The van der Waals surface area contributed by atoms with Crippen molar-refractivity contribution in [2.24, 2.45) is 47.3 Å². The summed E-state index contributed by atoms with van der Waals surface area (Å²) in [6, 6.07) is 0. The van der Waals surface area contributed by atoms with Crippen LogP contribution in [0.5, 0.6) is 0 Å². The summed E-state index contributed by atoms with van der Waals surface area (Å²) >= 11 is 0. The Labute approximate surface area is 162 Å². The molecule has 7 aliphatic rings. The minimum atomic E-state index is 1.05. The SMILES string of the molecule is C1CC2C3CCC4SSC5CCC(C6CCC7SSC1C7C26)C3C45. The van der Waals surface area contributed by atoms with E-state index in [9.17, 15) is 0 Å². The van der Waals surface area contributed by atoms with Crippen molar-refractivity contribution in [2.75, 3.05) is 0 Å². The maximum absolute atomic E-state index is 2.31. The lowest BCUT2D eigenvalue weighted by molar-refractivity contribution is -0.130. The fourth-order valence-corrected chi connectivity index (χ4v) is 17.0. The molecule has 8 unspecified atom stereocenters. The fraction of sp³-hybridized carbons (Fsp3) is 1.00. The maximum atomic E-state index is 2.31. The summed E-state index contributed by atoms with van der Waals surface area (Å²) < 4.78 is 0. The first-order chi connectivity index (χ1) is 11.9. The van der Waals surface area contributed by atoms with E-state index in [0.717, 1.165) is 68.3 Å². The number of hydrogen-bond acceptors (Lipinski definition) is 4. The summed E-state index contributed by atoms with van der Waals surface area (Å²) in [5.74, 6) is 9.16. The third-order valence-electron chi connectivity index (χ3n) is 9.43. The molecule has 4 heteroatoms. The Morgan fingerprint density at radius 3 is 0.917 bits per heavy atom. The molecule has 2 heterocycles. The molecule has 0 bridgehead atoms. The molecule has 8 atom stereocenters. The van der Waals surface area contributed by atoms with Gasteiger partial charge in [-0.3, -0.25) is 0 Å². The highest BCUT2D eigenvalue weighted by molar-refractivity contribution is 8.77. The van der Waals surface area contributed by atoms with Gasteiger partial charge in [0, 0.05) is 21.0 Å². The van der Waals surface area contributed by atoms with E-state index in [0.29, 0.717) is 0 Å². The van der Waals surface area contributed by atoms with Crippen LogP contribution in [0.25, 0.3) is 0 Å². The van der Waals surface area contributed by atoms with Crippen LogP contribution in [0.1, 0.15) is 51.4 Å². The Morgan fingerprint density at radius 2 is 0.625 bits per heavy atom. The van der Waals surface area contributed by atoms with E-state index >= 15 is 0 Å². The van der Waals surface area contributed by atoms with Gasteiger partial charge in [0.05, 0.1) is 0 Å². The summed E-state index contributed by atoms with van der Waals surface area (Å²) in [6.45, 7) is 0. The van der Waals surface area contributed by atoms with Crippen LogP contribution in [-0.4, -0.2) is 21.0 Å². The van der Waals surface area contributed by atoms with Crippen molar-refractivity contribution < 1.29 is 0 Å². The van der Waals surface area contributed by atoms with Crippen molar-refractivity contribution in [3.63, 3.8) is 0 Å². The van der Waals surface area contributed by atoms with Crippen LogP contribution in [0.4, 0.5) is 0 Å². The fourth-order valence-electron chi connectivity index (χ4n) is 8.95. The maximum Gasteiger partial charge on any atom is 0.0193 e. The summed E-state index contributed by atoms with van der Waals surface area (Å²) in [5.41, 5.74) is 0. The molecule has 2 aliphatic heterocycles. The average Bonchev–Trinajstić information content (AvgIpc) is 3.24. The van der Waals surface area contributed by atoms with Gasteiger partial charge in [0.15, 0.2) is 0 Å². The lowest BCUT2D eigenvalue weighted by Gasteiger charge is -2.64. The van der Waals surface area contributed by atoms with Crippen LogP contribution in [0.3, 0.4) is 0 Å². The molecule has 7 rings (SSSR count). The third kappa shape index (κ3) is 1.86. The molecule has 7 fully saturated rings. The van der Waals surface area contributed by atoms with Crippen molar-refractivity contribution in [2.45, 2.75) is 72.4 Å². The van der Waals surface area contributed by atoms with Crippen LogP contribution in [-0.2, 0) is 0 Å². The molecular formula is C20H28S4. The van der Waals surface area contributed by atoms with Crippen LogP contribution in [0.15, 0.2) is 0 Å². The Kier molecular flexibility index (Phi) is 3.50. The van der Waals surface area contributed by atoms with E-state index in [1.54, 1.807) is 51.4 Å². The molecule has 0 aromatic carbocycles. The van der Waals surface area contributed by atoms with Gasteiger partial charge < -0.3 is 0 Å². The summed E-state index contributed by atoms with van der Waals surface area (Å²) in [5, 5.41) is 4.19. The molecule has 24 heavy (non-hydrogen) atoms. The van der Waals surface area contributed by atoms with Crippen molar-refractivity contribution in [3.8, 4) is 0 Å². The highest BCUT2D eigenvalue weighted by atomic mass is 33.1. The van der Waals surface area contributed by atoms with Gasteiger partial charge in [0.25, 0.3) is 0 Å². The van der Waals surface area contributed by atoms with Gasteiger partial charge in [-0.05, 0) is 98.7 Å². The summed E-state index contributed by atoms with van der Waals surface area (Å²) in [4.78, 5) is 0. The molecule has 0 radical (unpaired) electrons. The Morgan fingerprint density at radius 1 is 0.333 bits per heavy atom. The summed E-state index contributed by atoms with van der Waals surface area (Å²) in [6.07, 6.45) is 12.7. The second kappa shape index (κ2) is 5.47. The standard InChI is InChI=1S/C20H28S4/c1-5-13-19-14(22-21-13)7-3-11-12-4-8-16-20-15(23-24-16)6-2-10(18(12)20)9(1)17(11)19/h9-20H,1-8H2. The second-order valence-corrected chi connectivity index (χ2v) is 15.3. The zero-order valence-electron chi connectivity index (χ0n) is 14.2. The zero-order valence-corrected chi connectivity index (χ0v) is 17.5. The first-order valence-electron chi connectivity index (χ1n) is 10.5. The van der Waals surface area contributed by atoms with Gasteiger partial charge in [-0.1, -0.05) is 43.2 Å². The van der Waals surface area contributed by atoms with Crippen LogP contribution in [0.2, 0.25) is 0 Å². The van der Waals surface area contributed by atoms with Crippen LogP contribution < -0.4 is 0 Å². The second-order valence-electron chi connectivity index (χ2n) is 9.81. The molecule has 0 aromatic heterocycles. The van der Waals surface area contributed by atoms with E-state index in [1.165, 1.54) is 0 Å². The van der Waals surface area contributed by atoms with E-state index in [4.69, 9.17) is 0 Å². The molecule has 0 spiro atoms. The number of rotatable bonds is 0. The smallest absolute Gasteiger partial charge is 0.0193 e. The van der Waals surface area contributed by atoms with Gasteiger partial charge >= 0.3 is 0 Å². The predicted molar refractivity (Wildman–Crippen MR) is 110 cm³/mol. The minimum absolute atomic E-state index is 1.05. The number of fused-ring (bicyclic) bond motifs is 2. The Bertz CT molecular complexity index is 460. The highest BCUT2D eigenvalue weighted by Crippen LogP contribution is 2.72. The average molecular weight is 397 g/mol. The molecule has 5 aliphatic carbocycles. The van der Waals surface area contributed by atoms with E-state index in [2.05, 4.69) is 43.2 Å². The van der Waals surface area contributed by atoms with Gasteiger partial charge in [-0.15, -0.1) is 0 Å². The van der Waals surface area contributed by atoms with Gasteiger partial charge in [0.2, 0.25) is 0 Å².